The number of hydrogen-bond donors (Lipinski definition) is 0. The van der Waals surface area contributed by atoms with E-state index in [9.17, 15) is 0 Å². The number of alkyl halides is 1. The molecule has 1 aromatic carbocycles. The van der Waals surface area contributed by atoms with Gasteiger partial charge >= 0.3 is 0 Å². The first-order chi connectivity index (χ1) is 10.0. The van der Waals surface area contributed by atoms with Crippen LogP contribution in [0.5, 0.6) is 5.75 Å². The van der Waals surface area contributed by atoms with E-state index in [0.717, 1.165) is 22.6 Å². The smallest absolute Gasteiger partial charge is 0.128 e. The van der Waals surface area contributed by atoms with Crippen molar-refractivity contribution in [2.45, 2.75) is 56.9 Å². The number of nitrogens with zero attached hydrogens (tertiary/aromatic N) is 2. The number of imidazole rings is 1. The molecule has 0 amide bonds. The van der Waals surface area contributed by atoms with Crippen molar-refractivity contribution >= 4 is 22.6 Å². The van der Waals surface area contributed by atoms with Crippen LogP contribution in [0.1, 0.15) is 57.2 Å². The molecule has 1 aliphatic rings. The molecule has 1 unspecified atom stereocenters. The van der Waals surface area contributed by atoms with Gasteiger partial charge in [0.15, 0.2) is 0 Å². The molecule has 0 saturated heterocycles. The predicted octanol–water partition coefficient (Wildman–Crippen LogP) is 5.02. The van der Waals surface area contributed by atoms with Crippen LogP contribution in [-0.2, 0) is 5.54 Å². The van der Waals surface area contributed by atoms with Crippen LogP contribution in [0.2, 0.25) is 0 Å². The fourth-order valence-corrected chi connectivity index (χ4v) is 3.72. The average molecular weight is 307 g/mol. The lowest BCUT2D eigenvalue weighted by Crippen LogP contribution is -2.34. The fourth-order valence-electron chi connectivity index (χ4n) is 3.57. The minimum absolute atomic E-state index is 0.0952. The second-order valence-corrected chi connectivity index (χ2v) is 6.99. The Morgan fingerprint density at radius 3 is 2.62 bits per heavy atom. The van der Waals surface area contributed by atoms with Crippen molar-refractivity contribution in [1.29, 1.82) is 0 Å². The molecule has 1 heterocycles. The fraction of sp³-hybridized carbons (Fsp3) is 0.588. The van der Waals surface area contributed by atoms with Crippen molar-refractivity contribution < 1.29 is 4.74 Å². The van der Waals surface area contributed by atoms with Crippen LogP contribution in [0.25, 0.3) is 11.0 Å². The van der Waals surface area contributed by atoms with Crippen molar-refractivity contribution in [3.63, 3.8) is 0 Å². The van der Waals surface area contributed by atoms with Crippen molar-refractivity contribution in [3.05, 3.63) is 24.0 Å². The van der Waals surface area contributed by atoms with Crippen LogP contribution in [0.3, 0.4) is 0 Å². The van der Waals surface area contributed by atoms with Crippen molar-refractivity contribution in [3.8, 4) is 5.75 Å². The van der Waals surface area contributed by atoms with Gasteiger partial charge in [-0.1, -0.05) is 19.3 Å². The molecule has 4 heteroatoms. The van der Waals surface area contributed by atoms with Gasteiger partial charge in [0.25, 0.3) is 0 Å². The van der Waals surface area contributed by atoms with Crippen molar-refractivity contribution in [2.24, 2.45) is 0 Å². The molecule has 1 fully saturated rings. The topological polar surface area (TPSA) is 27.1 Å². The summed E-state index contributed by atoms with van der Waals surface area (Å²) in [5, 5.41) is -0.0952. The van der Waals surface area contributed by atoms with Crippen LogP contribution in [0.15, 0.2) is 18.2 Å². The Hall–Kier alpha value is -1.22. The molecule has 3 rings (SSSR count). The van der Waals surface area contributed by atoms with E-state index in [1.54, 1.807) is 7.11 Å². The summed E-state index contributed by atoms with van der Waals surface area (Å²) in [7, 11) is 1.70. The molecule has 0 spiro atoms. The second kappa shape index (κ2) is 5.53. The van der Waals surface area contributed by atoms with Crippen LogP contribution in [-0.4, -0.2) is 16.7 Å². The highest BCUT2D eigenvalue weighted by atomic mass is 35.5. The normalized spacial score (nSPS) is 19.6. The Balaban J connectivity index is 2.23. The van der Waals surface area contributed by atoms with E-state index in [0.29, 0.717) is 0 Å². The number of ether oxygens (including phenoxy) is 1. The largest absolute Gasteiger partial charge is 0.497 e. The third-order valence-corrected chi connectivity index (χ3v) is 4.91. The Morgan fingerprint density at radius 2 is 2.00 bits per heavy atom. The van der Waals surface area contributed by atoms with Gasteiger partial charge in [0, 0.05) is 11.6 Å². The molecule has 1 atom stereocenters. The van der Waals surface area contributed by atoms with Gasteiger partial charge in [-0.3, -0.25) is 0 Å². The monoisotopic (exact) mass is 306 g/mol. The zero-order chi connectivity index (χ0) is 15.0. The average Bonchev–Trinajstić information content (AvgIpc) is 2.87. The Bertz CT molecular complexity index is 642. The van der Waals surface area contributed by atoms with Crippen molar-refractivity contribution in [2.75, 3.05) is 7.11 Å². The number of rotatable bonds is 3. The van der Waals surface area contributed by atoms with Crippen LogP contribution in [0, 0.1) is 0 Å². The van der Waals surface area contributed by atoms with Gasteiger partial charge in [0.05, 0.1) is 23.5 Å². The van der Waals surface area contributed by atoms with E-state index in [1.165, 1.54) is 32.1 Å². The maximum absolute atomic E-state index is 6.42. The van der Waals surface area contributed by atoms with E-state index < -0.39 is 0 Å². The number of aromatic nitrogens is 2. The van der Waals surface area contributed by atoms with Gasteiger partial charge in [-0.2, -0.15) is 0 Å². The first-order valence-corrected chi connectivity index (χ1v) is 8.20. The summed E-state index contributed by atoms with van der Waals surface area (Å²) in [5.41, 5.74) is 2.25. The summed E-state index contributed by atoms with van der Waals surface area (Å²) in [6.45, 7) is 4.35. The van der Waals surface area contributed by atoms with Crippen LogP contribution in [0.4, 0.5) is 0 Å². The van der Waals surface area contributed by atoms with Gasteiger partial charge in [0.1, 0.15) is 11.6 Å². The standard InChI is InChI=1S/C17H23ClN2O/c1-12(18)16-19-14-8-7-13(21-3)11-15(14)20(16)17(2)9-5-4-6-10-17/h7-8,11-12H,4-6,9-10H2,1-3H3. The first kappa shape index (κ1) is 14.7. The van der Waals surface area contributed by atoms with Gasteiger partial charge in [0.2, 0.25) is 0 Å². The van der Waals surface area contributed by atoms with E-state index >= 15 is 0 Å². The minimum Gasteiger partial charge on any atom is -0.497 e. The van der Waals surface area contributed by atoms with Gasteiger partial charge < -0.3 is 9.30 Å². The van der Waals surface area contributed by atoms with Gasteiger partial charge in [-0.15, -0.1) is 11.6 Å². The number of hydrogen-bond acceptors (Lipinski definition) is 2. The lowest BCUT2D eigenvalue weighted by atomic mass is 9.82. The maximum Gasteiger partial charge on any atom is 0.128 e. The Morgan fingerprint density at radius 1 is 1.29 bits per heavy atom. The highest BCUT2D eigenvalue weighted by Gasteiger charge is 2.33. The summed E-state index contributed by atoms with van der Waals surface area (Å²) in [5.74, 6) is 1.85. The molecule has 21 heavy (non-hydrogen) atoms. The number of methoxy groups -OCH3 is 1. The molecule has 2 aromatic rings. The molecule has 0 N–H and O–H groups in total. The van der Waals surface area contributed by atoms with E-state index in [-0.39, 0.29) is 10.9 Å². The number of fused-ring (bicyclic) bond motifs is 1. The zero-order valence-corrected chi connectivity index (χ0v) is 13.8. The third-order valence-electron chi connectivity index (χ3n) is 4.71. The zero-order valence-electron chi connectivity index (χ0n) is 13.0. The molecule has 0 bridgehead atoms. The summed E-state index contributed by atoms with van der Waals surface area (Å²) < 4.78 is 7.77. The van der Waals surface area contributed by atoms with E-state index in [2.05, 4.69) is 17.6 Å². The highest BCUT2D eigenvalue weighted by molar-refractivity contribution is 6.20. The van der Waals surface area contributed by atoms with Crippen molar-refractivity contribution in [1.82, 2.24) is 9.55 Å². The number of benzene rings is 1. The van der Waals surface area contributed by atoms with Crippen LogP contribution >= 0.6 is 11.6 Å². The molecular weight excluding hydrogens is 284 g/mol. The Labute approximate surface area is 131 Å². The molecule has 1 aromatic heterocycles. The summed E-state index contributed by atoms with van der Waals surface area (Å²) in [4.78, 5) is 4.78. The lowest BCUT2D eigenvalue weighted by Gasteiger charge is -2.37. The minimum atomic E-state index is -0.0952. The molecule has 0 aliphatic heterocycles. The second-order valence-electron chi connectivity index (χ2n) is 6.33. The summed E-state index contributed by atoms with van der Waals surface area (Å²) >= 11 is 6.42. The van der Waals surface area contributed by atoms with E-state index in [1.807, 2.05) is 19.1 Å². The molecular formula is C17H23ClN2O. The first-order valence-electron chi connectivity index (χ1n) is 7.76. The van der Waals surface area contributed by atoms with E-state index in [4.69, 9.17) is 21.3 Å². The van der Waals surface area contributed by atoms with Gasteiger partial charge in [-0.25, -0.2) is 4.98 Å². The summed E-state index contributed by atoms with van der Waals surface area (Å²) in [6.07, 6.45) is 6.25. The molecule has 114 valence electrons. The SMILES string of the molecule is COc1ccc2nc(C(C)Cl)n(C3(C)CCCCC3)c2c1. The summed E-state index contributed by atoms with van der Waals surface area (Å²) in [6, 6.07) is 6.08. The Kier molecular flexibility index (Phi) is 3.87. The molecule has 1 saturated carbocycles. The quantitative estimate of drug-likeness (QED) is 0.744. The van der Waals surface area contributed by atoms with Gasteiger partial charge in [-0.05, 0) is 38.8 Å². The predicted molar refractivity (Wildman–Crippen MR) is 87.3 cm³/mol. The van der Waals surface area contributed by atoms with Crippen LogP contribution < -0.4 is 4.74 Å². The molecule has 0 radical (unpaired) electrons. The lowest BCUT2D eigenvalue weighted by molar-refractivity contribution is 0.219. The maximum atomic E-state index is 6.42. The highest BCUT2D eigenvalue weighted by Crippen LogP contribution is 2.40. The molecule has 1 aliphatic carbocycles. The molecule has 3 nitrogen and oxygen atoms in total. The third kappa shape index (κ3) is 2.52. The number of halogens is 1.